The second kappa shape index (κ2) is 7.71. The van der Waals surface area contributed by atoms with Crippen molar-refractivity contribution in [1.82, 2.24) is 4.90 Å². The van der Waals surface area contributed by atoms with Crippen molar-refractivity contribution in [3.8, 4) is 0 Å². The van der Waals surface area contributed by atoms with Crippen LogP contribution in [-0.2, 0) is 19.1 Å². The molecule has 2 fully saturated rings. The SMILES string of the molecule is O=C1C2=C(OC3CCC(Cl)CC13)C(=O)N(CC1CCCO1)C2c1cccc(Br)c1. The van der Waals surface area contributed by atoms with Gasteiger partial charge in [0.05, 0.1) is 23.6 Å². The summed E-state index contributed by atoms with van der Waals surface area (Å²) in [7, 11) is 0. The van der Waals surface area contributed by atoms with Gasteiger partial charge in [-0.25, -0.2) is 0 Å². The number of hydrogen-bond acceptors (Lipinski definition) is 4. The van der Waals surface area contributed by atoms with Crippen molar-refractivity contribution in [3.63, 3.8) is 0 Å². The molecule has 1 aliphatic carbocycles. The number of ketones is 1. The molecule has 5 unspecified atom stereocenters. The molecule has 5 rings (SSSR count). The van der Waals surface area contributed by atoms with Crippen molar-refractivity contribution in [1.29, 1.82) is 0 Å². The number of benzene rings is 1. The zero-order valence-corrected chi connectivity index (χ0v) is 18.3. The molecule has 0 spiro atoms. The number of carbonyl (C=O) groups excluding carboxylic acids is 2. The minimum Gasteiger partial charge on any atom is -0.483 e. The van der Waals surface area contributed by atoms with Crippen LogP contribution in [0.4, 0.5) is 0 Å². The van der Waals surface area contributed by atoms with Crippen molar-refractivity contribution >= 4 is 39.2 Å². The number of ether oxygens (including phenoxy) is 2. The van der Waals surface area contributed by atoms with E-state index in [2.05, 4.69) is 15.9 Å². The molecule has 0 bridgehead atoms. The Morgan fingerprint density at radius 3 is 2.83 bits per heavy atom. The number of rotatable bonds is 3. The van der Waals surface area contributed by atoms with Crippen LogP contribution in [0.25, 0.3) is 0 Å². The lowest BCUT2D eigenvalue weighted by atomic mass is 9.77. The topological polar surface area (TPSA) is 55.8 Å². The van der Waals surface area contributed by atoms with Gasteiger partial charge in [0.25, 0.3) is 5.91 Å². The summed E-state index contributed by atoms with van der Waals surface area (Å²) in [6, 6.07) is 7.36. The standard InChI is InChI=1S/C22H23BrClNO4/c23-13-4-1-3-12(9-13)19-18-20(26)16-10-14(24)6-7-17(16)29-21(18)22(27)25(19)11-15-5-2-8-28-15/h1,3-4,9,14-17,19H,2,5-8,10-11H2. The van der Waals surface area contributed by atoms with Crippen molar-refractivity contribution in [2.24, 2.45) is 5.92 Å². The van der Waals surface area contributed by atoms with Crippen LogP contribution in [0.5, 0.6) is 0 Å². The Balaban J connectivity index is 1.55. The smallest absolute Gasteiger partial charge is 0.290 e. The van der Waals surface area contributed by atoms with Crippen LogP contribution < -0.4 is 0 Å². The molecular weight excluding hydrogens is 458 g/mol. The number of amides is 1. The Morgan fingerprint density at radius 2 is 2.07 bits per heavy atom. The zero-order valence-electron chi connectivity index (χ0n) is 16.0. The first-order chi connectivity index (χ1) is 14.0. The predicted molar refractivity (Wildman–Crippen MR) is 111 cm³/mol. The van der Waals surface area contributed by atoms with Crippen LogP contribution >= 0.6 is 27.5 Å². The Morgan fingerprint density at radius 1 is 1.21 bits per heavy atom. The number of nitrogens with zero attached hydrogens (tertiary/aromatic N) is 1. The van der Waals surface area contributed by atoms with E-state index in [0.29, 0.717) is 25.0 Å². The van der Waals surface area contributed by atoms with Gasteiger partial charge in [-0.15, -0.1) is 11.6 Å². The summed E-state index contributed by atoms with van der Waals surface area (Å²) in [6.07, 6.45) is 3.80. The molecule has 1 aromatic rings. The Labute approximate surface area is 183 Å². The van der Waals surface area contributed by atoms with E-state index < -0.39 is 6.04 Å². The highest BCUT2D eigenvalue weighted by molar-refractivity contribution is 9.10. The summed E-state index contributed by atoms with van der Waals surface area (Å²) < 4.78 is 12.9. The molecule has 4 aliphatic rings. The van der Waals surface area contributed by atoms with E-state index >= 15 is 0 Å². The second-order valence-corrected chi connectivity index (χ2v) is 9.86. The number of halogens is 2. The lowest BCUT2D eigenvalue weighted by Gasteiger charge is -2.37. The monoisotopic (exact) mass is 479 g/mol. The number of alkyl halides is 1. The Bertz CT molecular complexity index is 881. The molecule has 5 atom stereocenters. The van der Waals surface area contributed by atoms with Gasteiger partial charge in [0.15, 0.2) is 11.5 Å². The van der Waals surface area contributed by atoms with Crippen molar-refractivity contribution in [3.05, 3.63) is 45.6 Å². The summed E-state index contributed by atoms with van der Waals surface area (Å²) in [4.78, 5) is 28.7. The molecule has 0 aromatic heterocycles. The van der Waals surface area contributed by atoms with Gasteiger partial charge in [-0.3, -0.25) is 9.59 Å². The Kier molecular flexibility index (Phi) is 5.21. The fourth-order valence-electron chi connectivity index (χ4n) is 5.08. The van der Waals surface area contributed by atoms with E-state index in [-0.39, 0.29) is 41.0 Å². The summed E-state index contributed by atoms with van der Waals surface area (Å²) in [6.45, 7) is 1.19. The van der Waals surface area contributed by atoms with E-state index in [4.69, 9.17) is 21.1 Å². The summed E-state index contributed by atoms with van der Waals surface area (Å²) in [5, 5.41) is -0.0182. The lowest BCUT2D eigenvalue weighted by molar-refractivity contribution is -0.136. The third-order valence-corrected chi connectivity index (χ3v) is 7.36. The quantitative estimate of drug-likeness (QED) is 0.610. The van der Waals surface area contributed by atoms with E-state index in [9.17, 15) is 9.59 Å². The van der Waals surface area contributed by atoms with Crippen LogP contribution in [0.2, 0.25) is 0 Å². The van der Waals surface area contributed by atoms with Crippen molar-refractivity contribution in [2.75, 3.05) is 13.2 Å². The van der Waals surface area contributed by atoms with E-state index in [0.717, 1.165) is 35.9 Å². The Hall–Kier alpha value is -1.37. The van der Waals surface area contributed by atoms with Crippen LogP contribution in [0.1, 0.15) is 43.7 Å². The fraction of sp³-hybridized carbons (Fsp3) is 0.545. The number of Topliss-reactive ketones (excluding diaryl/α,β-unsaturated/α-hetero) is 1. The van der Waals surface area contributed by atoms with Crippen LogP contribution in [0.3, 0.4) is 0 Å². The molecule has 154 valence electrons. The molecule has 0 radical (unpaired) electrons. The first kappa shape index (κ1) is 19.6. The molecule has 1 saturated heterocycles. The summed E-state index contributed by atoms with van der Waals surface area (Å²) in [5.41, 5.74) is 1.41. The summed E-state index contributed by atoms with van der Waals surface area (Å²) >= 11 is 9.89. The molecule has 1 saturated carbocycles. The van der Waals surface area contributed by atoms with Gasteiger partial charge >= 0.3 is 0 Å². The number of hydrogen-bond donors (Lipinski definition) is 0. The molecule has 1 amide bonds. The van der Waals surface area contributed by atoms with Gasteiger partial charge in [-0.05, 0) is 49.8 Å². The summed E-state index contributed by atoms with van der Waals surface area (Å²) in [5.74, 6) is -0.197. The largest absolute Gasteiger partial charge is 0.483 e. The normalized spacial score (nSPS) is 34.3. The molecule has 3 aliphatic heterocycles. The van der Waals surface area contributed by atoms with E-state index in [1.54, 1.807) is 4.90 Å². The predicted octanol–water partition coefficient (Wildman–Crippen LogP) is 4.14. The number of fused-ring (bicyclic) bond motifs is 1. The molecule has 3 heterocycles. The average molecular weight is 481 g/mol. The highest BCUT2D eigenvalue weighted by atomic mass is 79.9. The highest BCUT2D eigenvalue weighted by Gasteiger charge is 2.53. The molecule has 7 heteroatoms. The highest BCUT2D eigenvalue weighted by Crippen LogP contribution is 2.47. The average Bonchev–Trinajstić information content (AvgIpc) is 3.31. The van der Waals surface area contributed by atoms with E-state index in [1.165, 1.54) is 0 Å². The van der Waals surface area contributed by atoms with Gasteiger partial charge in [0.2, 0.25) is 0 Å². The first-order valence-electron chi connectivity index (χ1n) is 10.3. The van der Waals surface area contributed by atoms with Gasteiger partial charge in [-0.2, -0.15) is 0 Å². The van der Waals surface area contributed by atoms with Crippen LogP contribution in [-0.4, -0.2) is 47.3 Å². The zero-order chi connectivity index (χ0) is 20.1. The number of carbonyl (C=O) groups is 2. The van der Waals surface area contributed by atoms with Gasteiger partial charge in [0, 0.05) is 23.0 Å². The van der Waals surface area contributed by atoms with Crippen LogP contribution in [0.15, 0.2) is 40.1 Å². The minimum absolute atomic E-state index is 0.000409. The van der Waals surface area contributed by atoms with Crippen molar-refractivity contribution < 1.29 is 19.1 Å². The van der Waals surface area contributed by atoms with Gasteiger partial charge in [-0.1, -0.05) is 28.1 Å². The maximum atomic E-state index is 13.6. The van der Waals surface area contributed by atoms with Gasteiger partial charge in [0.1, 0.15) is 6.10 Å². The molecular formula is C22H23BrClNO4. The third kappa shape index (κ3) is 3.43. The maximum absolute atomic E-state index is 13.6. The minimum atomic E-state index is -0.441. The molecule has 1 aromatic carbocycles. The van der Waals surface area contributed by atoms with Crippen molar-refractivity contribution in [2.45, 2.75) is 55.7 Å². The second-order valence-electron chi connectivity index (χ2n) is 8.33. The lowest BCUT2D eigenvalue weighted by Crippen LogP contribution is -2.41. The molecule has 0 N–H and O–H groups in total. The fourth-order valence-corrected chi connectivity index (χ4v) is 5.82. The maximum Gasteiger partial charge on any atom is 0.290 e. The van der Waals surface area contributed by atoms with E-state index in [1.807, 2.05) is 24.3 Å². The van der Waals surface area contributed by atoms with Gasteiger partial charge < -0.3 is 14.4 Å². The first-order valence-corrected chi connectivity index (χ1v) is 11.5. The molecule has 5 nitrogen and oxygen atoms in total. The molecule has 29 heavy (non-hydrogen) atoms. The third-order valence-electron chi connectivity index (χ3n) is 6.47. The van der Waals surface area contributed by atoms with Crippen LogP contribution in [0, 0.1) is 5.92 Å².